The molecule has 0 bridgehead atoms. The molecule has 0 aromatic rings. The van der Waals surface area contributed by atoms with Gasteiger partial charge in [-0.1, -0.05) is 25.3 Å². The van der Waals surface area contributed by atoms with Gasteiger partial charge in [-0.05, 0) is 24.3 Å². The number of fused-ring (bicyclic) bond motifs is 3. The summed E-state index contributed by atoms with van der Waals surface area (Å²) in [7, 11) is 0. The maximum atomic E-state index is 11.8. The van der Waals surface area contributed by atoms with Gasteiger partial charge in [-0.2, -0.15) is 0 Å². The van der Waals surface area contributed by atoms with Crippen molar-refractivity contribution < 1.29 is 14.3 Å². The van der Waals surface area contributed by atoms with E-state index in [1.54, 1.807) is 0 Å². The fourth-order valence-electron chi connectivity index (χ4n) is 3.53. The molecule has 3 rings (SSSR count). The summed E-state index contributed by atoms with van der Waals surface area (Å²) in [4.78, 5) is 23.5. The molecule has 1 heterocycles. The Hall–Kier alpha value is -1.64. The average molecular weight is 244 g/mol. The van der Waals surface area contributed by atoms with Crippen LogP contribution in [0.4, 0.5) is 0 Å². The van der Waals surface area contributed by atoms with Crippen LogP contribution < -0.4 is 0 Å². The number of ketones is 1. The third-order valence-electron chi connectivity index (χ3n) is 4.60. The summed E-state index contributed by atoms with van der Waals surface area (Å²) in [6.45, 7) is 11.8. The van der Waals surface area contributed by atoms with Crippen molar-refractivity contribution in [3.63, 3.8) is 0 Å². The molecule has 0 aromatic carbocycles. The molecule has 0 radical (unpaired) electrons. The SMILES string of the molecule is C=C1C(=O)OC2C1CCC(=C)C1CC(=O)C(=C)C12. The predicted octanol–water partition coefficient (Wildman–Crippen LogP) is 2.20. The molecule has 1 aliphatic heterocycles. The van der Waals surface area contributed by atoms with Crippen LogP contribution in [-0.2, 0) is 14.3 Å². The zero-order valence-corrected chi connectivity index (χ0v) is 10.3. The average Bonchev–Trinajstić information content (AvgIpc) is 2.72. The molecule has 4 unspecified atom stereocenters. The molecule has 0 amide bonds. The van der Waals surface area contributed by atoms with E-state index in [-0.39, 0.29) is 35.6 Å². The lowest BCUT2D eigenvalue weighted by atomic mass is 9.82. The van der Waals surface area contributed by atoms with E-state index in [9.17, 15) is 9.59 Å². The third-order valence-corrected chi connectivity index (χ3v) is 4.60. The lowest BCUT2D eigenvalue weighted by molar-refractivity contribution is -0.141. The molecule has 1 saturated heterocycles. The minimum Gasteiger partial charge on any atom is -0.458 e. The number of rotatable bonds is 0. The van der Waals surface area contributed by atoms with Crippen molar-refractivity contribution in [2.45, 2.75) is 25.4 Å². The highest BCUT2D eigenvalue weighted by molar-refractivity contribution is 5.99. The molecular weight excluding hydrogens is 228 g/mol. The van der Waals surface area contributed by atoms with Gasteiger partial charge in [0.15, 0.2) is 5.78 Å². The van der Waals surface area contributed by atoms with E-state index in [1.165, 1.54) is 0 Å². The monoisotopic (exact) mass is 244 g/mol. The maximum Gasteiger partial charge on any atom is 0.334 e. The highest BCUT2D eigenvalue weighted by Crippen LogP contribution is 2.50. The number of ether oxygens (including phenoxy) is 1. The summed E-state index contributed by atoms with van der Waals surface area (Å²) in [5.74, 6) is -0.199. The standard InChI is InChI=1S/C15H16O3/c1-7-4-5-10-8(2)15(17)18-14(10)13-9(3)12(16)6-11(7)13/h10-11,13-14H,1-6H2. The molecule has 4 atom stereocenters. The van der Waals surface area contributed by atoms with Crippen LogP contribution in [-0.4, -0.2) is 17.9 Å². The zero-order valence-electron chi connectivity index (χ0n) is 10.3. The van der Waals surface area contributed by atoms with Crippen LogP contribution in [0.2, 0.25) is 0 Å². The summed E-state index contributed by atoms with van der Waals surface area (Å²) < 4.78 is 5.45. The predicted molar refractivity (Wildman–Crippen MR) is 66.6 cm³/mol. The molecule has 2 saturated carbocycles. The largest absolute Gasteiger partial charge is 0.458 e. The Morgan fingerprint density at radius 1 is 1.06 bits per heavy atom. The summed E-state index contributed by atoms with van der Waals surface area (Å²) in [5, 5.41) is 0. The van der Waals surface area contributed by atoms with Gasteiger partial charge >= 0.3 is 5.97 Å². The minimum atomic E-state index is -0.316. The lowest BCUT2D eigenvalue weighted by Gasteiger charge is -2.25. The van der Waals surface area contributed by atoms with Gasteiger partial charge in [-0.15, -0.1) is 0 Å². The third kappa shape index (κ3) is 1.36. The van der Waals surface area contributed by atoms with Crippen LogP contribution in [0.5, 0.6) is 0 Å². The molecule has 3 heteroatoms. The number of hydrogen-bond acceptors (Lipinski definition) is 3. The van der Waals surface area contributed by atoms with Gasteiger partial charge in [0, 0.05) is 23.8 Å². The molecule has 3 nitrogen and oxygen atoms in total. The first-order chi connectivity index (χ1) is 8.50. The molecular formula is C15H16O3. The first-order valence-corrected chi connectivity index (χ1v) is 6.30. The van der Waals surface area contributed by atoms with Crippen molar-refractivity contribution in [2.75, 3.05) is 0 Å². The number of carbonyl (C=O) groups excluding carboxylic acids is 2. The molecule has 3 fully saturated rings. The summed E-state index contributed by atoms with van der Waals surface area (Å²) in [6, 6.07) is 0. The molecule has 18 heavy (non-hydrogen) atoms. The van der Waals surface area contributed by atoms with Gasteiger partial charge in [0.2, 0.25) is 0 Å². The van der Waals surface area contributed by atoms with Gasteiger partial charge in [0.05, 0.1) is 0 Å². The van der Waals surface area contributed by atoms with Gasteiger partial charge in [0.1, 0.15) is 6.10 Å². The van der Waals surface area contributed by atoms with Crippen LogP contribution in [0.25, 0.3) is 0 Å². The molecule has 0 aromatic heterocycles. The Bertz CT molecular complexity index is 500. The van der Waals surface area contributed by atoms with Gasteiger partial charge in [-0.3, -0.25) is 4.79 Å². The van der Waals surface area contributed by atoms with Crippen molar-refractivity contribution in [3.8, 4) is 0 Å². The second kappa shape index (κ2) is 3.67. The van der Waals surface area contributed by atoms with Crippen molar-refractivity contribution in [1.82, 2.24) is 0 Å². The topological polar surface area (TPSA) is 43.4 Å². The summed E-state index contributed by atoms with van der Waals surface area (Å²) in [5.41, 5.74) is 2.23. The van der Waals surface area contributed by atoms with Crippen LogP contribution in [0.15, 0.2) is 36.5 Å². The van der Waals surface area contributed by atoms with Crippen molar-refractivity contribution in [1.29, 1.82) is 0 Å². The van der Waals surface area contributed by atoms with E-state index in [1.807, 2.05) is 0 Å². The second-order valence-electron chi connectivity index (χ2n) is 5.48. The van der Waals surface area contributed by atoms with Gasteiger partial charge < -0.3 is 4.74 Å². The fraction of sp³-hybridized carbons (Fsp3) is 0.467. The first-order valence-electron chi connectivity index (χ1n) is 6.30. The fourth-order valence-corrected chi connectivity index (χ4v) is 3.53. The Morgan fingerprint density at radius 3 is 2.50 bits per heavy atom. The van der Waals surface area contributed by atoms with Gasteiger partial charge in [-0.25, -0.2) is 4.79 Å². The molecule has 2 aliphatic carbocycles. The first kappa shape index (κ1) is 11.5. The van der Waals surface area contributed by atoms with Crippen LogP contribution in [0.1, 0.15) is 19.3 Å². The van der Waals surface area contributed by atoms with E-state index in [2.05, 4.69) is 19.7 Å². The molecule has 94 valence electrons. The maximum absolute atomic E-state index is 11.8. The number of hydrogen-bond donors (Lipinski definition) is 0. The zero-order chi connectivity index (χ0) is 13.0. The van der Waals surface area contributed by atoms with Crippen LogP contribution in [0.3, 0.4) is 0 Å². The van der Waals surface area contributed by atoms with Crippen LogP contribution in [0, 0.1) is 17.8 Å². The number of esters is 1. The number of allylic oxidation sites excluding steroid dienone is 1. The summed E-state index contributed by atoms with van der Waals surface area (Å²) in [6.07, 6.45) is 1.88. The molecule has 0 N–H and O–H groups in total. The van der Waals surface area contributed by atoms with Gasteiger partial charge in [0.25, 0.3) is 0 Å². The van der Waals surface area contributed by atoms with E-state index in [0.717, 1.165) is 18.4 Å². The quantitative estimate of drug-likeness (QED) is 0.373. The van der Waals surface area contributed by atoms with E-state index in [4.69, 9.17) is 4.74 Å². The number of carbonyl (C=O) groups is 2. The Kier molecular flexibility index (Phi) is 2.34. The van der Waals surface area contributed by atoms with Crippen molar-refractivity contribution in [3.05, 3.63) is 36.5 Å². The van der Waals surface area contributed by atoms with E-state index >= 15 is 0 Å². The van der Waals surface area contributed by atoms with E-state index in [0.29, 0.717) is 17.6 Å². The highest BCUT2D eigenvalue weighted by atomic mass is 16.6. The van der Waals surface area contributed by atoms with E-state index < -0.39 is 0 Å². The second-order valence-corrected chi connectivity index (χ2v) is 5.48. The van der Waals surface area contributed by atoms with Crippen LogP contribution >= 0.6 is 0 Å². The Labute approximate surface area is 106 Å². The Morgan fingerprint density at radius 2 is 1.78 bits per heavy atom. The lowest BCUT2D eigenvalue weighted by Crippen LogP contribution is -2.28. The normalized spacial score (nSPS) is 39.4. The molecule has 3 aliphatic rings. The van der Waals surface area contributed by atoms with Crippen molar-refractivity contribution in [2.24, 2.45) is 17.8 Å². The van der Waals surface area contributed by atoms with Crippen molar-refractivity contribution >= 4 is 11.8 Å². The Balaban J connectivity index is 2.04. The summed E-state index contributed by atoms with van der Waals surface area (Å²) >= 11 is 0. The number of Topliss-reactive ketones (excluding diaryl/α,β-unsaturated/α-hetero) is 1. The molecule has 0 spiro atoms. The minimum absolute atomic E-state index is 0.0203. The highest BCUT2D eigenvalue weighted by Gasteiger charge is 2.52. The smallest absolute Gasteiger partial charge is 0.334 e.